The van der Waals surface area contributed by atoms with Crippen LogP contribution in [0.3, 0.4) is 0 Å². The number of hydrogen-bond acceptors (Lipinski definition) is 0. The molecule has 0 heterocycles. The Morgan fingerprint density at radius 1 is 0.389 bits per heavy atom. The Bertz CT molecular complexity index is 444. The fourth-order valence-corrected chi connectivity index (χ4v) is 6.99. The summed E-state index contributed by atoms with van der Waals surface area (Å²) in [5, 5.41) is 0. The average molecular weight is 505 g/mol. The first-order valence-electron chi connectivity index (χ1n) is 17.1. The Hall–Kier alpha value is 0. The third-order valence-electron chi connectivity index (χ3n) is 9.99. The summed E-state index contributed by atoms with van der Waals surface area (Å²) in [5.41, 5.74) is 0.703. The van der Waals surface area contributed by atoms with Gasteiger partial charge in [0.15, 0.2) is 0 Å². The van der Waals surface area contributed by atoms with Gasteiger partial charge in [-0.25, -0.2) is 0 Å². The maximum atomic E-state index is 2.56. The van der Waals surface area contributed by atoms with Crippen molar-refractivity contribution in [2.45, 2.75) is 190 Å². The Kier molecular flexibility index (Phi) is 18.9. The summed E-state index contributed by atoms with van der Waals surface area (Å²) in [5.74, 6) is 5.48. The van der Waals surface area contributed by atoms with Crippen molar-refractivity contribution < 1.29 is 0 Å². The third kappa shape index (κ3) is 17.5. The molecule has 216 valence electrons. The monoisotopic (exact) mass is 505 g/mol. The van der Waals surface area contributed by atoms with Crippen LogP contribution in [-0.4, -0.2) is 0 Å². The van der Waals surface area contributed by atoms with Gasteiger partial charge in [0.25, 0.3) is 0 Å². The molecule has 0 amide bonds. The Morgan fingerprint density at radius 2 is 0.694 bits per heavy atom. The summed E-state index contributed by atoms with van der Waals surface area (Å²) < 4.78 is 0. The van der Waals surface area contributed by atoms with Gasteiger partial charge in [0, 0.05) is 0 Å². The van der Waals surface area contributed by atoms with Crippen molar-refractivity contribution in [1.29, 1.82) is 0 Å². The van der Waals surface area contributed by atoms with E-state index in [9.17, 15) is 0 Å². The van der Waals surface area contributed by atoms with E-state index in [0.717, 1.165) is 35.5 Å². The van der Waals surface area contributed by atoms with Crippen molar-refractivity contribution in [2.24, 2.45) is 40.9 Å². The van der Waals surface area contributed by atoms with Gasteiger partial charge in [0.2, 0.25) is 0 Å². The van der Waals surface area contributed by atoms with Gasteiger partial charge >= 0.3 is 0 Å². The van der Waals surface area contributed by atoms with Crippen LogP contribution in [0, 0.1) is 40.9 Å². The predicted octanol–water partition coefficient (Wildman–Crippen LogP) is 13.0. The van der Waals surface area contributed by atoms with Gasteiger partial charge in [0.05, 0.1) is 0 Å². The average Bonchev–Trinajstić information content (AvgIpc) is 2.82. The zero-order valence-electron chi connectivity index (χ0n) is 26.8. The van der Waals surface area contributed by atoms with E-state index in [0.29, 0.717) is 5.41 Å². The SMILES string of the molecule is CC(C)CCCC(C)CCCC(C)CCC1(CCC(C)CCCC(C)CCCC(C)C)CCCCC1. The first kappa shape index (κ1) is 34.0. The van der Waals surface area contributed by atoms with Crippen LogP contribution in [0.25, 0.3) is 0 Å². The second-order valence-corrected chi connectivity index (χ2v) is 15.1. The highest BCUT2D eigenvalue weighted by atomic mass is 14.4. The topological polar surface area (TPSA) is 0 Å². The molecule has 0 bridgehead atoms. The fraction of sp³-hybridized carbons (Fsp3) is 1.00. The molecule has 0 saturated heterocycles. The number of rotatable bonds is 22. The van der Waals surface area contributed by atoms with Crippen LogP contribution in [-0.2, 0) is 0 Å². The fourth-order valence-electron chi connectivity index (χ4n) is 6.99. The largest absolute Gasteiger partial charge is 0.0628 e. The van der Waals surface area contributed by atoms with Crippen LogP contribution in [0.5, 0.6) is 0 Å². The lowest BCUT2D eigenvalue weighted by Gasteiger charge is -2.39. The van der Waals surface area contributed by atoms with E-state index in [1.165, 1.54) is 135 Å². The second kappa shape index (κ2) is 20.0. The predicted molar refractivity (Wildman–Crippen MR) is 166 cm³/mol. The van der Waals surface area contributed by atoms with Crippen LogP contribution in [0.4, 0.5) is 0 Å². The minimum Gasteiger partial charge on any atom is -0.0628 e. The summed E-state index contributed by atoms with van der Waals surface area (Å²) in [6.45, 7) is 19.6. The molecule has 0 spiro atoms. The molecule has 0 heteroatoms. The molecular weight excluding hydrogens is 432 g/mol. The normalized spacial score (nSPS) is 19.5. The summed E-state index contributed by atoms with van der Waals surface area (Å²) in [7, 11) is 0. The highest BCUT2D eigenvalue weighted by Gasteiger charge is 2.32. The van der Waals surface area contributed by atoms with E-state index >= 15 is 0 Å². The van der Waals surface area contributed by atoms with E-state index in [4.69, 9.17) is 0 Å². The minimum absolute atomic E-state index is 0.703. The van der Waals surface area contributed by atoms with Gasteiger partial charge < -0.3 is 0 Å². The van der Waals surface area contributed by atoms with Crippen LogP contribution in [0.15, 0.2) is 0 Å². The van der Waals surface area contributed by atoms with Crippen molar-refractivity contribution in [3.05, 3.63) is 0 Å². The maximum absolute atomic E-state index is 2.56. The molecule has 0 nitrogen and oxygen atoms in total. The summed E-state index contributed by atoms with van der Waals surface area (Å²) >= 11 is 0. The van der Waals surface area contributed by atoms with E-state index in [1.807, 2.05) is 0 Å². The molecule has 0 aromatic heterocycles. The molecule has 1 rings (SSSR count). The summed E-state index contributed by atoms with van der Waals surface area (Å²) in [4.78, 5) is 0. The van der Waals surface area contributed by atoms with Crippen molar-refractivity contribution in [3.8, 4) is 0 Å². The molecular formula is C36H72. The van der Waals surface area contributed by atoms with Gasteiger partial charge in [-0.05, 0) is 66.6 Å². The molecule has 0 N–H and O–H groups in total. The van der Waals surface area contributed by atoms with E-state index in [-0.39, 0.29) is 0 Å². The van der Waals surface area contributed by atoms with Gasteiger partial charge in [-0.15, -0.1) is 0 Å². The van der Waals surface area contributed by atoms with Gasteiger partial charge in [-0.1, -0.05) is 165 Å². The standard InChI is InChI=1S/C36H72/c1-30(2)16-12-18-32(5)20-14-22-34(7)24-28-36(26-10-9-11-27-36)29-25-35(8)23-15-21-33(6)19-13-17-31(3)4/h30-35H,9-29H2,1-8H3. The molecule has 0 aromatic rings. The highest BCUT2D eigenvalue weighted by Crippen LogP contribution is 2.46. The van der Waals surface area contributed by atoms with Crippen molar-refractivity contribution >= 4 is 0 Å². The van der Waals surface area contributed by atoms with Gasteiger partial charge in [0.1, 0.15) is 0 Å². The maximum Gasteiger partial charge on any atom is -0.0297 e. The Morgan fingerprint density at radius 3 is 1.03 bits per heavy atom. The zero-order chi connectivity index (χ0) is 26.8. The molecule has 36 heavy (non-hydrogen) atoms. The Balaban J connectivity index is 2.27. The number of hydrogen-bond donors (Lipinski definition) is 0. The van der Waals surface area contributed by atoms with Crippen molar-refractivity contribution in [1.82, 2.24) is 0 Å². The lowest BCUT2D eigenvalue weighted by atomic mass is 9.66. The molecule has 1 aliphatic carbocycles. The highest BCUT2D eigenvalue weighted by molar-refractivity contribution is 4.84. The van der Waals surface area contributed by atoms with E-state index < -0.39 is 0 Å². The molecule has 0 radical (unpaired) electrons. The molecule has 0 aliphatic heterocycles. The molecule has 0 aromatic carbocycles. The van der Waals surface area contributed by atoms with Crippen LogP contribution < -0.4 is 0 Å². The molecule has 4 unspecified atom stereocenters. The molecule has 1 fully saturated rings. The van der Waals surface area contributed by atoms with Crippen LogP contribution >= 0.6 is 0 Å². The minimum atomic E-state index is 0.703. The zero-order valence-corrected chi connectivity index (χ0v) is 26.8. The van der Waals surface area contributed by atoms with Gasteiger partial charge in [-0.3, -0.25) is 0 Å². The van der Waals surface area contributed by atoms with Crippen molar-refractivity contribution in [2.75, 3.05) is 0 Å². The van der Waals surface area contributed by atoms with E-state index in [1.54, 1.807) is 0 Å². The molecule has 1 aliphatic rings. The smallest absolute Gasteiger partial charge is 0.0297 e. The third-order valence-corrected chi connectivity index (χ3v) is 9.99. The summed E-state index contributed by atoms with van der Waals surface area (Å²) in [6, 6.07) is 0. The Labute approximate surface area is 231 Å². The van der Waals surface area contributed by atoms with Crippen LogP contribution in [0.2, 0.25) is 0 Å². The van der Waals surface area contributed by atoms with Crippen molar-refractivity contribution in [3.63, 3.8) is 0 Å². The first-order valence-corrected chi connectivity index (χ1v) is 17.1. The lowest BCUT2D eigenvalue weighted by Crippen LogP contribution is -2.25. The van der Waals surface area contributed by atoms with Crippen LogP contribution in [0.1, 0.15) is 190 Å². The van der Waals surface area contributed by atoms with E-state index in [2.05, 4.69) is 55.4 Å². The van der Waals surface area contributed by atoms with Gasteiger partial charge in [-0.2, -0.15) is 0 Å². The lowest BCUT2D eigenvalue weighted by molar-refractivity contribution is 0.132. The summed E-state index contributed by atoms with van der Waals surface area (Å²) in [6.07, 6.45) is 31.0. The molecule has 1 saturated carbocycles. The second-order valence-electron chi connectivity index (χ2n) is 15.1. The molecule has 4 atom stereocenters. The first-order chi connectivity index (χ1) is 17.1. The quantitative estimate of drug-likeness (QED) is 0.137.